The third-order valence-electron chi connectivity index (χ3n) is 10.8. The summed E-state index contributed by atoms with van der Waals surface area (Å²) in [5.41, 5.74) is 18.9. The molecule has 0 spiro atoms. The van der Waals surface area contributed by atoms with E-state index in [2.05, 4.69) is 240 Å². The molecule has 10 rings (SSSR count). The molecule has 1 aliphatic heterocycles. The zero-order valence-corrected chi connectivity index (χ0v) is 30.8. The van der Waals surface area contributed by atoms with Gasteiger partial charge in [-0.05, 0) is 117 Å². The van der Waals surface area contributed by atoms with Crippen molar-refractivity contribution in [3.8, 4) is 55.6 Å². The fourth-order valence-electron chi connectivity index (χ4n) is 8.10. The summed E-state index contributed by atoms with van der Waals surface area (Å²) >= 11 is 0. The Kier molecular flexibility index (Phi) is 8.55. The molecule has 0 radical (unpaired) electrons. The van der Waals surface area contributed by atoms with Gasteiger partial charge in [-0.15, -0.1) is 0 Å². The van der Waals surface area contributed by atoms with Crippen molar-refractivity contribution >= 4 is 34.1 Å². The molecule has 1 heterocycles. The molecule has 9 aromatic carbocycles. The van der Waals surface area contributed by atoms with E-state index in [4.69, 9.17) is 0 Å². The fraction of sp³-hybridized carbons (Fsp3) is 0. The van der Waals surface area contributed by atoms with Crippen LogP contribution in [0.3, 0.4) is 0 Å². The second-order valence-corrected chi connectivity index (χ2v) is 14.2. The van der Waals surface area contributed by atoms with E-state index in [0.29, 0.717) is 0 Å². The van der Waals surface area contributed by atoms with Crippen LogP contribution in [0.4, 0.5) is 34.1 Å². The molecule has 0 N–H and O–H groups in total. The highest BCUT2D eigenvalue weighted by atomic mass is 15.2. The van der Waals surface area contributed by atoms with Crippen LogP contribution >= 0.6 is 0 Å². The van der Waals surface area contributed by atoms with E-state index >= 15 is 0 Å². The van der Waals surface area contributed by atoms with Gasteiger partial charge < -0.3 is 9.80 Å². The number of rotatable bonds is 7. The van der Waals surface area contributed by atoms with Crippen molar-refractivity contribution in [3.63, 3.8) is 0 Å². The Hall–Kier alpha value is -7.42. The second-order valence-electron chi connectivity index (χ2n) is 14.2. The highest BCUT2D eigenvalue weighted by Gasteiger charge is 2.26. The monoisotopic (exact) mass is 714 g/mol. The maximum atomic E-state index is 2.41. The van der Waals surface area contributed by atoms with Crippen LogP contribution in [0, 0.1) is 0 Å². The molecular formula is C54H38N2. The second kappa shape index (κ2) is 14.4. The maximum absolute atomic E-state index is 2.41. The smallest absolute Gasteiger partial charge is 0.0540 e. The minimum Gasteiger partial charge on any atom is -0.311 e. The van der Waals surface area contributed by atoms with Crippen LogP contribution in [0.1, 0.15) is 0 Å². The Morgan fingerprint density at radius 3 is 1.32 bits per heavy atom. The third-order valence-corrected chi connectivity index (χ3v) is 10.8. The first-order chi connectivity index (χ1) is 27.8. The van der Waals surface area contributed by atoms with Gasteiger partial charge in [0.05, 0.1) is 11.4 Å². The van der Waals surface area contributed by atoms with Crippen LogP contribution < -0.4 is 9.80 Å². The van der Waals surface area contributed by atoms with Crippen LogP contribution in [0.5, 0.6) is 0 Å². The normalized spacial score (nSPS) is 11.5. The summed E-state index contributed by atoms with van der Waals surface area (Å²) < 4.78 is 0. The van der Waals surface area contributed by atoms with Crippen molar-refractivity contribution in [3.05, 3.63) is 231 Å². The number of hydrogen-bond acceptors (Lipinski definition) is 2. The first kappa shape index (κ1) is 33.2. The average molecular weight is 715 g/mol. The molecule has 0 bridgehead atoms. The van der Waals surface area contributed by atoms with Gasteiger partial charge in [0.25, 0.3) is 0 Å². The van der Waals surface area contributed by atoms with E-state index < -0.39 is 0 Å². The number of fused-ring (bicyclic) bond motifs is 5. The molecule has 0 saturated carbocycles. The summed E-state index contributed by atoms with van der Waals surface area (Å²) in [4.78, 5) is 4.72. The molecule has 0 atom stereocenters. The molecule has 0 amide bonds. The predicted octanol–water partition coefficient (Wildman–Crippen LogP) is 15.3. The van der Waals surface area contributed by atoms with Gasteiger partial charge in [0.1, 0.15) is 0 Å². The molecule has 264 valence electrons. The van der Waals surface area contributed by atoms with Crippen LogP contribution in [-0.2, 0) is 0 Å². The molecule has 0 saturated heterocycles. The summed E-state index contributed by atoms with van der Waals surface area (Å²) in [6, 6.07) is 83.0. The lowest BCUT2D eigenvalue weighted by molar-refractivity contribution is 1.28. The number of hydrogen-bond donors (Lipinski definition) is 0. The SMILES string of the molecule is c1ccc(-c2ccc(N(c3ccccc3)c3ccc(-c4cccc(-c5ccc6c(c5)-c5ccccc5-c5ccccc5N6c5ccccc5)c4)cc3)cc2)cc1. The molecule has 9 aromatic rings. The Bertz CT molecular complexity index is 2770. The van der Waals surface area contributed by atoms with Crippen molar-refractivity contribution in [2.45, 2.75) is 0 Å². The van der Waals surface area contributed by atoms with Gasteiger partial charge in [0.15, 0.2) is 0 Å². The van der Waals surface area contributed by atoms with E-state index in [0.717, 1.165) is 22.7 Å². The van der Waals surface area contributed by atoms with Crippen LogP contribution in [0.25, 0.3) is 55.6 Å². The molecule has 0 aromatic heterocycles. The van der Waals surface area contributed by atoms with Crippen molar-refractivity contribution in [1.29, 1.82) is 0 Å². The summed E-state index contributed by atoms with van der Waals surface area (Å²) in [7, 11) is 0. The van der Waals surface area contributed by atoms with Gasteiger partial charge in [-0.25, -0.2) is 0 Å². The summed E-state index contributed by atoms with van der Waals surface area (Å²) in [6.45, 7) is 0. The zero-order valence-electron chi connectivity index (χ0n) is 30.8. The standard InChI is InChI=1S/C54H38N2/c1-4-15-39(16-5-1)40-27-32-47(33-28-40)55(45-19-6-2-7-20-45)48-34-29-41(30-35-48)42-17-14-18-43(37-42)44-31-36-54-52(38-44)50-24-11-10-23-49(50)51-25-12-13-26-53(51)56(54)46-21-8-3-9-22-46/h1-38H. The third kappa shape index (κ3) is 6.14. The van der Waals surface area contributed by atoms with Gasteiger partial charge in [-0.2, -0.15) is 0 Å². The molecule has 0 unspecified atom stereocenters. The molecule has 2 nitrogen and oxygen atoms in total. The minimum absolute atomic E-state index is 1.11. The van der Waals surface area contributed by atoms with E-state index in [1.54, 1.807) is 0 Å². The highest BCUT2D eigenvalue weighted by molar-refractivity contribution is 6.03. The quantitative estimate of drug-likeness (QED) is 0.162. The Morgan fingerprint density at radius 1 is 0.250 bits per heavy atom. The van der Waals surface area contributed by atoms with Crippen LogP contribution in [-0.4, -0.2) is 0 Å². The number of anilines is 6. The van der Waals surface area contributed by atoms with Crippen molar-refractivity contribution in [1.82, 2.24) is 0 Å². The summed E-state index contributed by atoms with van der Waals surface area (Å²) in [6.07, 6.45) is 0. The number of nitrogens with zero attached hydrogens (tertiary/aromatic N) is 2. The van der Waals surface area contributed by atoms with Crippen LogP contribution in [0.15, 0.2) is 231 Å². The van der Waals surface area contributed by atoms with Gasteiger partial charge in [-0.3, -0.25) is 0 Å². The molecule has 0 aliphatic carbocycles. The van der Waals surface area contributed by atoms with E-state index in [1.807, 2.05) is 0 Å². The van der Waals surface area contributed by atoms with E-state index in [-0.39, 0.29) is 0 Å². The molecule has 0 fully saturated rings. The summed E-state index contributed by atoms with van der Waals surface area (Å²) in [5.74, 6) is 0. The van der Waals surface area contributed by atoms with E-state index in [1.165, 1.54) is 67.0 Å². The molecular weight excluding hydrogens is 677 g/mol. The number of benzene rings is 9. The van der Waals surface area contributed by atoms with Crippen molar-refractivity contribution in [2.24, 2.45) is 0 Å². The molecule has 2 heteroatoms. The van der Waals surface area contributed by atoms with Crippen LogP contribution in [0.2, 0.25) is 0 Å². The topological polar surface area (TPSA) is 6.48 Å². The largest absolute Gasteiger partial charge is 0.311 e. The minimum atomic E-state index is 1.11. The average Bonchev–Trinajstić information content (AvgIpc) is 3.40. The van der Waals surface area contributed by atoms with Gasteiger partial charge >= 0.3 is 0 Å². The first-order valence-electron chi connectivity index (χ1n) is 19.2. The first-order valence-corrected chi connectivity index (χ1v) is 19.2. The van der Waals surface area contributed by atoms with Crippen molar-refractivity contribution < 1.29 is 0 Å². The fourth-order valence-corrected chi connectivity index (χ4v) is 8.10. The molecule has 1 aliphatic rings. The lowest BCUT2D eigenvalue weighted by Gasteiger charge is -2.27. The summed E-state index contributed by atoms with van der Waals surface area (Å²) in [5, 5.41) is 0. The Morgan fingerprint density at radius 2 is 0.661 bits per heavy atom. The van der Waals surface area contributed by atoms with Crippen molar-refractivity contribution in [2.75, 3.05) is 9.80 Å². The molecule has 56 heavy (non-hydrogen) atoms. The lowest BCUT2D eigenvalue weighted by Crippen LogP contribution is -2.10. The Balaban J connectivity index is 1.01. The Labute approximate surface area is 328 Å². The van der Waals surface area contributed by atoms with E-state index in [9.17, 15) is 0 Å². The predicted molar refractivity (Wildman–Crippen MR) is 237 cm³/mol. The van der Waals surface area contributed by atoms with Gasteiger partial charge in [-0.1, -0.05) is 158 Å². The zero-order chi connectivity index (χ0) is 37.3. The van der Waals surface area contributed by atoms with Gasteiger partial charge in [0.2, 0.25) is 0 Å². The lowest BCUT2D eigenvalue weighted by atomic mass is 9.92. The maximum Gasteiger partial charge on any atom is 0.0540 e. The highest BCUT2D eigenvalue weighted by Crippen LogP contribution is 2.51. The number of para-hydroxylation sites is 3. The van der Waals surface area contributed by atoms with Gasteiger partial charge in [0, 0.05) is 33.9 Å².